The third-order valence-corrected chi connectivity index (χ3v) is 5.34. The highest BCUT2D eigenvalue weighted by Gasteiger charge is 2.47. The van der Waals surface area contributed by atoms with Crippen molar-refractivity contribution in [2.45, 2.75) is 6.04 Å². The van der Waals surface area contributed by atoms with Gasteiger partial charge in [0.2, 0.25) is 0 Å². The summed E-state index contributed by atoms with van der Waals surface area (Å²) in [5.74, 6) is -0.934. The summed E-state index contributed by atoms with van der Waals surface area (Å²) in [6.07, 6.45) is 1.55. The number of Topliss-reactive ketones (excluding diaryl/α,β-unsaturated/α-hetero) is 1. The minimum Gasteiger partial charge on any atom is -0.507 e. The lowest BCUT2D eigenvalue weighted by Gasteiger charge is -2.24. The molecule has 0 radical (unpaired) electrons. The van der Waals surface area contributed by atoms with Crippen LogP contribution in [0.1, 0.15) is 17.2 Å². The van der Waals surface area contributed by atoms with E-state index in [9.17, 15) is 14.7 Å². The van der Waals surface area contributed by atoms with Gasteiger partial charge in [0.1, 0.15) is 17.3 Å². The van der Waals surface area contributed by atoms with Crippen molar-refractivity contribution in [2.75, 3.05) is 12.0 Å². The van der Waals surface area contributed by atoms with Gasteiger partial charge in [-0.3, -0.25) is 14.5 Å². The third kappa shape index (κ3) is 3.48. The minimum atomic E-state index is -0.830. The number of amides is 1. The first kappa shape index (κ1) is 19.8. The van der Waals surface area contributed by atoms with Crippen LogP contribution in [0.15, 0.2) is 83.0 Å². The lowest BCUT2D eigenvalue weighted by atomic mass is 9.95. The fourth-order valence-electron chi connectivity index (χ4n) is 3.48. The lowest BCUT2D eigenvalue weighted by Crippen LogP contribution is -2.30. The van der Waals surface area contributed by atoms with Gasteiger partial charge in [0.05, 0.1) is 18.7 Å². The van der Waals surface area contributed by atoms with Gasteiger partial charge in [-0.15, -0.1) is 0 Å². The molecule has 150 valence electrons. The van der Waals surface area contributed by atoms with Crippen molar-refractivity contribution in [3.8, 4) is 5.75 Å². The van der Waals surface area contributed by atoms with Gasteiger partial charge in [-0.25, -0.2) is 4.98 Å². The van der Waals surface area contributed by atoms with Crippen LogP contribution >= 0.6 is 15.9 Å². The number of ketones is 1. The Hall–Kier alpha value is -3.45. The molecule has 0 saturated carbocycles. The molecule has 1 saturated heterocycles. The minimum absolute atomic E-state index is 0.00277. The van der Waals surface area contributed by atoms with Gasteiger partial charge in [0.25, 0.3) is 5.78 Å². The van der Waals surface area contributed by atoms with Gasteiger partial charge in [0.15, 0.2) is 0 Å². The van der Waals surface area contributed by atoms with Gasteiger partial charge >= 0.3 is 5.91 Å². The number of anilines is 1. The predicted molar refractivity (Wildman–Crippen MR) is 116 cm³/mol. The van der Waals surface area contributed by atoms with E-state index in [2.05, 4.69) is 20.9 Å². The number of methoxy groups -OCH3 is 1. The first-order valence-corrected chi connectivity index (χ1v) is 9.92. The molecule has 3 aromatic rings. The average molecular weight is 465 g/mol. The molecule has 1 fully saturated rings. The number of pyridine rings is 1. The van der Waals surface area contributed by atoms with Crippen molar-refractivity contribution in [3.05, 3.63) is 94.1 Å². The monoisotopic (exact) mass is 464 g/mol. The number of hydrogen-bond acceptors (Lipinski definition) is 5. The van der Waals surface area contributed by atoms with E-state index in [1.165, 1.54) is 12.0 Å². The van der Waals surface area contributed by atoms with E-state index < -0.39 is 17.7 Å². The van der Waals surface area contributed by atoms with Crippen molar-refractivity contribution in [1.29, 1.82) is 0 Å². The molecule has 0 aliphatic carbocycles. The molecule has 1 aliphatic rings. The molecule has 4 rings (SSSR count). The third-order valence-electron chi connectivity index (χ3n) is 4.85. The maximum absolute atomic E-state index is 13.0. The number of ether oxygens (including phenoxy) is 1. The number of aromatic nitrogens is 1. The maximum atomic E-state index is 13.0. The second kappa shape index (κ2) is 8.12. The summed E-state index contributed by atoms with van der Waals surface area (Å²) in [6, 6.07) is 18.3. The highest BCUT2D eigenvalue weighted by atomic mass is 79.9. The second-order valence-corrected chi connectivity index (χ2v) is 7.56. The molecule has 6 nitrogen and oxygen atoms in total. The topological polar surface area (TPSA) is 79.7 Å². The summed E-state index contributed by atoms with van der Waals surface area (Å²) in [5.41, 5.74) is 1.05. The number of aliphatic hydroxyl groups excluding tert-OH is 1. The SMILES string of the molecule is COc1cccc(C(O)=C2C(=O)C(=O)N(c3ccccn3)[C@@H]2c2cccc(Br)c2)c1. The Morgan fingerprint density at radius 2 is 1.87 bits per heavy atom. The fraction of sp³-hybridized carbons (Fsp3) is 0.0870. The Morgan fingerprint density at radius 1 is 1.07 bits per heavy atom. The van der Waals surface area contributed by atoms with Crippen LogP contribution in [-0.2, 0) is 9.59 Å². The summed E-state index contributed by atoms with van der Waals surface area (Å²) >= 11 is 3.44. The Morgan fingerprint density at radius 3 is 2.57 bits per heavy atom. The standard InChI is InChI=1S/C23H17BrN2O4/c1-30-17-9-5-7-15(13-17)21(27)19-20(14-6-4-8-16(24)12-14)26(23(29)22(19)28)18-10-2-3-11-25-18/h2-13,20,27H,1H3/t20-/m1/s1. The van der Waals surface area contributed by atoms with Crippen LogP contribution < -0.4 is 9.64 Å². The van der Waals surface area contributed by atoms with Crippen LogP contribution in [0.2, 0.25) is 0 Å². The van der Waals surface area contributed by atoms with Crippen LogP contribution in [0.25, 0.3) is 5.76 Å². The van der Waals surface area contributed by atoms with Crippen molar-refractivity contribution >= 4 is 39.2 Å². The molecule has 0 bridgehead atoms. The van der Waals surface area contributed by atoms with Crippen molar-refractivity contribution in [2.24, 2.45) is 0 Å². The fourth-order valence-corrected chi connectivity index (χ4v) is 3.90. The first-order chi connectivity index (χ1) is 14.5. The van der Waals surface area contributed by atoms with Gasteiger partial charge < -0.3 is 9.84 Å². The lowest BCUT2D eigenvalue weighted by molar-refractivity contribution is -0.132. The van der Waals surface area contributed by atoms with Gasteiger partial charge in [-0.05, 0) is 42.0 Å². The van der Waals surface area contributed by atoms with Crippen LogP contribution in [0.5, 0.6) is 5.75 Å². The normalized spacial score (nSPS) is 17.9. The molecule has 1 amide bonds. The number of hydrogen-bond donors (Lipinski definition) is 1. The molecule has 1 atom stereocenters. The summed E-state index contributed by atoms with van der Waals surface area (Å²) < 4.78 is 6.01. The van der Waals surface area contributed by atoms with E-state index in [-0.39, 0.29) is 11.3 Å². The van der Waals surface area contributed by atoms with E-state index in [1.54, 1.807) is 54.7 Å². The number of carbonyl (C=O) groups is 2. The molecule has 0 unspecified atom stereocenters. The molecule has 1 aliphatic heterocycles. The quantitative estimate of drug-likeness (QED) is 0.349. The Labute approximate surface area is 181 Å². The molecular weight excluding hydrogens is 448 g/mol. The number of rotatable bonds is 4. The summed E-state index contributed by atoms with van der Waals surface area (Å²) in [7, 11) is 1.51. The van der Waals surface area contributed by atoms with E-state index >= 15 is 0 Å². The average Bonchev–Trinajstić information content (AvgIpc) is 3.04. The zero-order valence-electron chi connectivity index (χ0n) is 15.9. The Kier molecular flexibility index (Phi) is 5.37. The van der Waals surface area contributed by atoms with Crippen LogP contribution in [0.3, 0.4) is 0 Å². The summed E-state index contributed by atoms with van der Waals surface area (Å²) in [5, 5.41) is 11.1. The zero-order chi connectivity index (χ0) is 21.3. The van der Waals surface area contributed by atoms with Crippen molar-refractivity contribution in [1.82, 2.24) is 4.98 Å². The van der Waals surface area contributed by atoms with Crippen molar-refractivity contribution < 1.29 is 19.4 Å². The maximum Gasteiger partial charge on any atom is 0.301 e. The van der Waals surface area contributed by atoms with E-state index in [0.717, 1.165) is 4.47 Å². The largest absolute Gasteiger partial charge is 0.507 e. The summed E-state index contributed by atoms with van der Waals surface area (Å²) in [6.45, 7) is 0. The molecule has 1 aromatic heterocycles. The van der Waals surface area contributed by atoms with E-state index in [0.29, 0.717) is 22.7 Å². The van der Waals surface area contributed by atoms with Gasteiger partial charge in [-0.2, -0.15) is 0 Å². The molecule has 7 heteroatoms. The second-order valence-electron chi connectivity index (χ2n) is 6.64. The highest BCUT2D eigenvalue weighted by Crippen LogP contribution is 2.42. The van der Waals surface area contributed by atoms with Gasteiger partial charge in [0, 0.05) is 16.2 Å². The predicted octanol–water partition coefficient (Wildman–Crippen LogP) is 4.48. The van der Waals surface area contributed by atoms with Crippen molar-refractivity contribution in [3.63, 3.8) is 0 Å². The summed E-state index contributed by atoms with van der Waals surface area (Å²) in [4.78, 5) is 31.6. The molecule has 30 heavy (non-hydrogen) atoms. The number of halogens is 1. The highest BCUT2D eigenvalue weighted by molar-refractivity contribution is 9.10. The number of aliphatic hydroxyl groups is 1. The van der Waals surface area contributed by atoms with Crippen LogP contribution in [-0.4, -0.2) is 28.9 Å². The zero-order valence-corrected chi connectivity index (χ0v) is 17.5. The molecule has 1 N–H and O–H groups in total. The molecule has 0 spiro atoms. The van der Waals surface area contributed by atoms with E-state index in [1.807, 2.05) is 18.2 Å². The first-order valence-electron chi connectivity index (χ1n) is 9.13. The smallest absolute Gasteiger partial charge is 0.301 e. The Bertz CT molecular complexity index is 1160. The van der Waals surface area contributed by atoms with Gasteiger partial charge in [-0.1, -0.05) is 46.3 Å². The van der Waals surface area contributed by atoms with Crippen LogP contribution in [0, 0.1) is 0 Å². The molecular formula is C23H17BrN2O4. The number of carbonyl (C=O) groups excluding carboxylic acids is 2. The molecule has 2 aromatic carbocycles. The van der Waals surface area contributed by atoms with Crippen LogP contribution in [0.4, 0.5) is 5.82 Å². The number of nitrogens with zero attached hydrogens (tertiary/aromatic N) is 2. The van der Waals surface area contributed by atoms with E-state index in [4.69, 9.17) is 4.74 Å². The Balaban J connectivity index is 1.95. The number of benzene rings is 2. The molecule has 2 heterocycles.